The zero-order valence-electron chi connectivity index (χ0n) is 16.3. The summed E-state index contributed by atoms with van der Waals surface area (Å²) >= 11 is 1.39. The lowest BCUT2D eigenvalue weighted by atomic mass is 10.2. The van der Waals surface area contributed by atoms with E-state index in [1.807, 2.05) is 41.0 Å². The summed E-state index contributed by atoms with van der Waals surface area (Å²) in [6.07, 6.45) is 6.18. The van der Waals surface area contributed by atoms with Gasteiger partial charge < -0.3 is 14.5 Å². The van der Waals surface area contributed by atoms with Crippen LogP contribution in [0.2, 0.25) is 0 Å². The highest BCUT2D eigenvalue weighted by Gasteiger charge is 2.20. The Bertz CT molecular complexity index is 949. The van der Waals surface area contributed by atoms with Gasteiger partial charge in [0, 0.05) is 11.6 Å². The van der Waals surface area contributed by atoms with E-state index in [-0.39, 0.29) is 5.91 Å². The minimum Gasteiger partial charge on any atom is -0.497 e. The highest BCUT2D eigenvalue weighted by atomic mass is 32.2. The molecule has 0 spiro atoms. The van der Waals surface area contributed by atoms with Crippen molar-refractivity contribution < 1.29 is 13.9 Å². The zero-order chi connectivity index (χ0) is 20.1. The standard InChI is InChI=1S/C21H24N4O3S/c1-27-17-9-4-6-15(12-17)20-23-24-21(25(20)13-18-10-5-11-28-18)29-14-19(26)22-16-7-2-3-8-16/h4-6,9-12,16H,2-3,7-8,13-14H2,1H3,(H,22,26). The summed E-state index contributed by atoms with van der Waals surface area (Å²) in [6.45, 7) is 0.485. The molecule has 2 heterocycles. The normalized spacial score (nSPS) is 14.2. The number of nitrogens with zero attached hydrogens (tertiary/aromatic N) is 3. The monoisotopic (exact) mass is 412 g/mol. The average Bonchev–Trinajstić information content (AvgIpc) is 3.50. The smallest absolute Gasteiger partial charge is 0.230 e. The number of carbonyl (C=O) groups is 1. The summed E-state index contributed by atoms with van der Waals surface area (Å²) in [6, 6.07) is 11.8. The van der Waals surface area contributed by atoms with Gasteiger partial charge in [0.15, 0.2) is 11.0 Å². The van der Waals surface area contributed by atoms with Gasteiger partial charge in [0.05, 0.1) is 25.7 Å². The van der Waals surface area contributed by atoms with Crippen LogP contribution in [0.5, 0.6) is 5.75 Å². The second-order valence-electron chi connectivity index (χ2n) is 7.04. The molecule has 3 aromatic rings. The number of rotatable bonds is 8. The topological polar surface area (TPSA) is 82.2 Å². The van der Waals surface area contributed by atoms with Gasteiger partial charge in [0.2, 0.25) is 5.91 Å². The molecule has 1 aliphatic carbocycles. The number of nitrogens with one attached hydrogen (secondary N) is 1. The van der Waals surface area contributed by atoms with Crippen LogP contribution in [0.25, 0.3) is 11.4 Å². The minimum atomic E-state index is 0.0392. The lowest BCUT2D eigenvalue weighted by molar-refractivity contribution is -0.119. The first-order valence-electron chi connectivity index (χ1n) is 9.75. The highest BCUT2D eigenvalue weighted by Crippen LogP contribution is 2.27. The number of methoxy groups -OCH3 is 1. The van der Waals surface area contributed by atoms with Crippen LogP contribution in [0, 0.1) is 0 Å². The first-order valence-corrected chi connectivity index (χ1v) is 10.7. The number of hydrogen-bond acceptors (Lipinski definition) is 6. The van der Waals surface area contributed by atoms with E-state index in [9.17, 15) is 4.79 Å². The van der Waals surface area contributed by atoms with E-state index in [0.717, 1.165) is 29.9 Å². The number of furan rings is 1. The van der Waals surface area contributed by atoms with Crippen LogP contribution in [0.4, 0.5) is 0 Å². The summed E-state index contributed by atoms with van der Waals surface area (Å²) in [5, 5.41) is 12.5. The summed E-state index contributed by atoms with van der Waals surface area (Å²) in [7, 11) is 1.64. The van der Waals surface area contributed by atoms with Crippen molar-refractivity contribution in [2.45, 2.75) is 43.4 Å². The fourth-order valence-corrected chi connectivity index (χ4v) is 4.29. The Kier molecular flexibility index (Phi) is 6.19. The fourth-order valence-electron chi connectivity index (χ4n) is 3.54. The van der Waals surface area contributed by atoms with Crippen molar-refractivity contribution in [3.63, 3.8) is 0 Å². The molecule has 4 rings (SSSR count). The molecule has 0 radical (unpaired) electrons. The second-order valence-corrected chi connectivity index (χ2v) is 7.98. The average molecular weight is 413 g/mol. The largest absolute Gasteiger partial charge is 0.497 e. The van der Waals surface area contributed by atoms with Crippen molar-refractivity contribution >= 4 is 17.7 Å². The molecule has 1 N–H and O–H groups in total. The summed E-state index contributed by atoms with van der Waals surface area (Å²) < 4.78 is 12.8. The minimum absolute atomic E-state index is 0.0392. The van der Waals surface area contributed by atoms with Crippen LogP contribution < -0.4 is 10.1 Å². The van der Waals surface area contributed by atoms with Crippen LogP contribution in [0.1, 0.15) is 31.4 Å². The fraction of sp³-hybridized carbons (Fsp3) is 0.381. The maximum atomic E-state index is 12.3. The molecule has 0 atom stereocenters. The van der Waals surface area contributed by atoms with Crippen LogP contribution in [-0.4, -0.2) is 39.6 Å². The van der Waals surface area contributed by atoms with Crippen molar-refractivity contribution in [3.8, 4) is 17.1 Å². The lowest BCUT2D eigenvalue weighted by Gasteiger charge is -2.12. The molecule has 29 heavy (non-hydrogen) atoms. The number of aromatic nitrogens is 3. The van der Waals surface area contributed by atoms with E-state index in [1.54, 1.807) is 13.4 Å². The van der Waals surface area contributed by atoms with Crippen molar-refractivity contribution in [2.24, 2.45) is 0 Å². The molecular weight excluding hydrogens is 388 g/mol. The molecule has 0 unspecified atom stereocenters. The number of carbonyl (C=O) groups excluding carboxylic acids is 1. The predicted octanol–water partition coefficient (Wildman–Crippen LogP) is 3.75. The first kappa shape index (κ1) is 19.6. The Morgan fingerprint density at radius 1 is 1.28 bits per heavy atom. The van der Waals surface area contributed by atoms with E-state index in [1.165, 1.54) is 24.6 Å². The molecule has 0 bridgehead atoms. The van der Waals surface area contributed by atoms with Crippen molar-refractivity contribution in [1.82, 2.24) is 20.1 Å². The van der Waals surface area contributed by atoms with Gasteiger partial charge >= 0.3 is 0 Å². The maximum Gasteiger partial charge on any atom is 0.230 e. The molecule has 1 aliphatic rings. The Balaban J connectivity index is 1.54. The van der Waals surface area contributed by atoms with E-state index < -0.39 is 0 Å². The van der Waals surface area contributed by atoms with Crippen molar-refractivity contribution in [2.75, 3.05) is 12.9 Å². The molecule has 7 nitrogen and oxygen atoms in total. The zero-order valence-corrected chi connectivity index (χ0v) is 17.2. The number of thioether (sulfide) groups is 1. The summed E-state index contributed by atoms with van der Waals surface area (Å²) in [5.74, 6) is 2.60. The van der Waals surface area contributed by atoms with E-state index >= 15 is 0 Å². The molecule has 0 aliphatic heterocycles. The van der Waals surface area contributed by atoms with Gasteiger partial charge in [-0.3, -0.25) is 9.36 Å². The molecule has 1 aromatic carbocycles. The van der Waals surface area contributed by atoms with Crippen LogP contribution in [0.3, 0.4) is 0 Å². The number of ether oxygens (including phenoxy) is 1. The van der Waals surface area contributed by atoms with Gasteiger partial charge in [-0.05, 0) is 37.1 Å². The highest BCUT2D eigenvalue weighted by molar-refractivity contribution is 7.99. The summed E-state index contributed by atoms with van der Waals surface area (Å²) in [4.78, 5) is 12.3. The van der Waals surface area contributed by atoms with Crippen LogP contribution >= 0.6 is 11.8 Å². The van der Waals surface area contributed by atoms with Crippen LogP contribution in [0.15, 0.2) is 52.2 Å². The Morgan fingerprint density at radius 2 is 2.14 bits per heavy atom. The number of hydrogen-bond donors (Lipinski definition) is 1. The predicted molar refractivity (Wildman–Crippen MR) is 111 cm³/mol. The summed E-state index contributed by atoms with van der Waals surface area (Å²) in [5.41, 5.74) is 0.894. The van der Waals surface area contributed by atoms with Gasteiger partial charge in [-0.25, -0.2) is 0 Å². The molecule has 0 saturated heterocycles. The van der Waals surface area contributed by atoms with E-state index in [0.29, 0.717) is 29.3 Å². The molecule has 1 fully saturated rings. The molecular formula is C21H24N4O3S. The van der Waals surface area contributed by atoms with Gasteiger partial charge in [-0.2, -0.15) is 0 Å². The molecule has 1 amide bonds. The second kappa shape index (κ2) is 9.17. The van der Waals surface area contributed by atoms with Crippen molar-refractivity contribution in [3.05, 3.63) is 48.4 Å². The molecule has 1 saturated carbocycles. The van der Waals surface area contributed by atoms with Gasteiger partial charge in [-0.1, -0.05) is 36.7 Å². The first-order chi connectivity index (χ1) is 14.2. The molecule has 152 valence electrons. The Morgan fingerprint density at radius 3 is 2.90 bits per heavy atom. The van der Waals surface area contributed by atoms with Crippen molar-refractivity contribution in [1.29, 1.82) is 0 Å². The molecule has 8 heteroatoms. The lowest BCUT2D eigenvalue weighted by Crippen LogP contribution is -2.33. The molecule has 2 aromatic heterocycles. The third-order valence-corrected chi connectivity index (χ3v) is 5.96. The van der Waals surface area contributed by atoms with Gasteiger partial charge in [0.25, 0.3) is 0 Å². The van der Waals surface area contributed by atoms with E-state index in [4.69, 9.17) is 9.15 Å². The number of amides is 1. The third kappa shape index (κ3) is 4.82. The quantitative estimate of drug-likeness (QED) is 0.568. The maximum absolute atomic E-state index is 12.3. The van der Waals surface area contributed by atoms with Gasteiger partial charge in [-0.15, -0.1) is 10.2 Å². The third-order valence-electron chi connectivity index (χ3n) is 4.99. The van der Waals surface area contributed by atoms with E-state index in [2.05, 4.69) is 15.5 Å². The SMILES string of the molecule is COc1cccc(-c2nnc(SCC(=O)NC3CCCC3)n2Cc2ccco2)c1. The number of benzene rings is 1. The van der Waals surface area contributed by atoms with Crippen LogP contribution in [-0.2, 0) is 11.3 Å². The van der Waals surface area contributed by atoms with Gasteiger partial charge in [0.1, 0.15) is 11.5 Å². The Hall–Kier alpha value is -2.74. The Labute approximate surface area is 173 Å².